The molecule has 0 aliphatic heterocycles. The van der Waals surface area contributed by atoms with Crippen LogP contribution in [0.4, 0.5) is 17.3 Å². The minimum absolute atomic E-state index is 0.429. The van der Waals surface area contributed by atoms with Crippen LogP contribution in [0.15, 0.2) is 12.1 Å². The zero-order valence-electron chi connectivity index (χ0n) is 10.7. The second-order valence-corrected chi connectivity index (χ2v) is 5.08. The summed E-state index contributed by atoms with van der Waals surface area (Å²) in [5, 5.41) is 0. The Balaban J connectivity index is 2.17. The van der Waals surface area contributed by atoms with Crippen molar-refractivity contribution in [1.82, 2.24) is 4.98 Å². The number of nitrogens with two attached hydrogens (primary N) is 2. The molecule has 17 heavy (non-hydrogen) atoms. The zero-order chi connectivity index (χ0) is 12.4. The fourth-order valence-corrected chi connectivity index (χ4v) is 2.71. The summed E-state index contributed by atoms with van der Waals surface area (Å²) in [6.07, 6.45) is 5.20. The molecule has 2 atom stereocenters. The van der Waals surface area contributed by atoms with Crippen molar-refractivity contribution in [2.45, 2.75) is 38.6 Å². The van der Waals surface area contributed by atoms with Crippen molar-refractivity contribution >= 4 is 17.3 Å². The van der Waals surface area contributed by atoms with Gasteiger partial charge in [0.2, 0.25) is 0 Å². The van der Waals surface area contributed by atoms with E-state index in [1.807, 2.05) is 12.1 Å². The number of nitrogens with zero attached hydrogens (tertiary/aromatic N) is 2. The van der Waals surface area contributed by atoms with Crippen LogP contribution in [0.1, 0.15) is 32.6 Å². The summed E-state index contributed by atoms with van der Waals surface area (Å²) in [6, 6.07) is 4.36. The number of aromatic nitrogens is 1. The summed E-state index contributed by atoms with van der Waals surface area (Å²) < 4.78 is 0. The van der Waals surface area contributed by atoms with Gasteiger partial charge in [-0.1, -0.05) is 19.8 Å². The van der Waals surface area contributed by atoms with Crippen molar-refractivity contribution in [2.24, 2.45) is 5.92 Å². The van der Waals surface area contributed by atoms with E-state index in [1.54, 1.807) is 0 Å². The van der Waals surface area contributed by atoms with Crippen LogP contribution < -0.4 is 16.4 Å². The Morgan fingerprint density at radius 2 is 1.94 bits per heavy atom. The second kappa shape index (κ2) is 4.82. The van der Waals surface area contributed by atoms with Crippen LogP contribution in [0.5, 0.6) is 0 Å². The highest BCUT2D eigenvalue weighted by Gasteiger charge is 2.25. The van der Waals surface area contributed by atoms with Gasteiger partial charge in [-0.15, -0.1) is 0 Å². The van der Waals surface area contributed by atoms with Crippen LogP contribution in [0.2, 0.25) is 0 Å². The molecular formula is C13H22N4. The van der Waals surface area contributed by atoms with Crippen molar-refractivity contribution in [3.05, 3.63) is 12.1 Å². The van der Waals surface area contributed by atoms with E-state index in [0.717, 1.165) is 5.82 Å². The summed E-state index contributed by atoms with van der Waals surface area (Å²) >= 11 is 0. The van der Waals surface area contributed by atoms with Gasteiger partial charge < -0.3 is 16.4 Å². The van der Waals surface area contributed by atoms with Crippen LogP contribution >= 0.6 is 0 Å². The van der Waals surface area contributed by atoms with Crippen LogP contribution in [0, 0.1) is 5.92 Å². The zero-order valence-corrected chi connectivity index (χ0v) is 10.7. The van der Waals surface area contributed by atoms with Crippen LogP contribution in [-0.2, 0) is 0 Å². The molecule has 1 aromatic rings. The highest BCUT2D eigenvalue weighted by Crippen LogP contribution is 2.30. The van der Waals surface area contributed by atoms with Gasteiger partial charge in [-0.25, -0.2) is 4.98 Å². The van der Waals surface area contributed by atoms with E-state index in [2.05, 4.69) is 23.9 Å². The maximum Gasteiger partial charge on any atom is 0.149 e. The average Bonchev–Trinajstić information content (AvgIpc) is 2.32. The van der Waals surface area contributed by atoms with Gasteiger partial charge in [0.15, 0.2) is 0 Å². The third kappa shape index (κ3) is 2.46. The molecule has 1 fully saturated rings. The largest absolute Gasteiger partial charge is 0.396 e. The molecule has 0 aromatic carbocycles. The third-order valence-electron chi connectivity index (χ3n) is 3.87. The van der Waals surface area contributed by atoms with Gasteiger partial charge in [-0.2, -0.15) is 0 Å². The van der Waals surface area contributed by atoms with Gasteiger partial charge in [0.25, 0.3) is 0 Å². The molecule has 94 valence electrons. The standard InChI is InChI=1S/C13H22N4/c1-9-5-3-4-6-11(9)17(2)12-8-7-10(14)13(15)16-12/h7-9,11H,3-6,14H2,1-2H3,(H2,15,16). The first-order valence-electron chi connectivity index (χ1n) is 6.34. The average molecular weight is 234 g/mol. The minimum atomic E-state index is 0.429. The van der Waals surface area contributed by atoms with Crippen LogP contribution in [0.3, 0.4) is 0 Å². The first-order chi connectivity index (χ1) is 8.09. The van der Waals surface area contributed by atoms with Gasteiger partial charge in [0.1, 0.15) is 11.6 Å². The topological polar surface area (TPSA) is 68.2 Å². The van der Waals surface area contributed by atoms with Gasteiger partial charge >= 0.3 is 0 Å². The lowest BCUT2D eigenvalue weighted by atomic mass is 9.85. The van der Waals surface area contributed by atoms with E-state index in [4.69, 9.17) is 11.5 Å². The summed E-state index contributed by atoms with van der Waals surface area (Å²) in [5.74, 6) is 2.07. The molecule has 4 heteroatoms. The number of rotatable bonds is 2. The number of hydrogen-bond donors (Lipinski definition) is 2. The van der Waals surface area contributed by atoms with E-state index in [1.165, 1.54) is 25.7 Å². The maximum atomic E-state index is 5.76. The Hall–Kier alpha value is -1.45. The molecule has 0 saturated heterocycles. The molecule has 4 nitrogen and oxygen atoms in total. The predicted octanol–water partition coefficient (Wildman–Crippen LogP) is 2.26. The van der Waals surface area contributed by atoms with E-state index >= 15 is 0 Å². The predicted molar refractivity (Wildman–Crippen MR) is 72.9 cm³/mol. The van der Waals surface area contributed by atoms with Crippen molar-refractivity contribution in [3.8, 4) is 0 Å². The Morgan fingerprint density at radius 3 is 2.59 bits per heavy atom. The summed E-state index contributed by atoms with van der Waals surface area (Å²) in [4.78, 5) is 6.61. The number of pyridine rings is 1. The van der Waals surface area contributed by atoms with Gasteiger partial charge in [0.05, 0.1) is 5.69 Å². The lowest BCUT2D eigenvalue weighted by Crippen LogP contribution is -2.39. The molecule has 0 radical (unpaired) electrons. The first-order valence-corrected chi connectivity index (χ1v) is 6.34. The summed E-state index contributed by atoms with van der Waals surface area (Å²) in [7, 11) is 2.10. The monoisotopic (exact) mass is 234 g/mol. The Labute approximate surface area is 103 Å². The quantitative estimate of drug-likeness (QED) is 0.823. The highest BCUT2D eigenvalue weighted by atomic mass is 15.2. The van der Waals surface area contributed by atoms with E-state index in [0.29, 0.717) is 23.5 Å². The smallest absolute Gasteiger partial charge is 0.149 e. The molecule has 0 amide bonds. The SMILES string of the molecule is CC1CCCCC1N(C)c1ccc(N)c(N)n1. The minimum Gasteiger partial charge on any atom is -0.396 e. The number of nitrogen functional groups attached to an aromatic ring is 2. The fourth-order valence-electron chi connectivity index (χ4n) is 2.71. The first kappa shape index (κ1) is 12.0. The Morgan fingerprint density at radius 1 is 1.24 bits per heavy atom. The second-order valence-electron chi connectivity index (χ2n) is 5.08. The van der Waals surface area contributed by atoms with Gasteiger partial charge in [-0.05, 0) is 30.9 Å². The maximum absolute atomic E-state index is 5.76. The van der Waals surface area contributed by atoms with E-state index in [9.17, 15) is 0 Å². The molecule has 1 heterocycles. The summed E-state index contributed by atoms with van der Waals surface area (Å²) in [5.41, 5.74) is 12.0. The lowest BCUT2D eigenvalue weighted by Gasteiger charge is -2.37. The number of hydrogen-bond acceptors (Lipinski definition) is 4. The normalized spacial score (nSPS) is 24.6. The van der Waals surface area contributed by atoms with Crippen molar-refractivity contribution in [3.63, 3.8) is 0 Å². The molecule has 2 rings (SSSR count). The van der Waals surface area contributed by atoms with Gasteiger partial charge in [0, 0.05) is 13.1 Å². The van der Waals surface area contributed by atoms with Crippen molar-refractivity contribution < 1.29 is 0 Å². The van der Waals surface area contributed by atoms with E-state index < -0.39 is 0 Å². The van der Waals surface area contributed by atoms with Crippen molar-refractivity contribution in [1.29, 1.82) is 0 Å². The highest BCUT2D eigenvalue weighted by molar-refractivity contribution is 5.62. The summed E-state index contributed by atoms with van der Waals surface area (Å²) in [6.45, 7) is 2.32. The van der Waals surface area contributed by atoms with Crippen molar-refractivity contribution in [2.75, 3.05) is 23.4 Å². The molecule has 1 aliphatic rings. The lowest BCUT2D eigenvalue weighted by molar-refractivity contribution is 0.320. The fraction of sp³-hybridized carbons (Fsp3) is 0.615. The third-order valence-corrected chi connectivity index (χ3v) is 3.87. The Kier molecular flexibility index (Phi) is 3.41. The number of anilines is 3. The molecule has 1 saturated carbocycles. The Bertz CT molecular complexity index is 391. The molecule has 2 unspecified atom stereocenters. The van der Waals surface area contributed by atoms with E-state index in [-0.39, 0.29) is 0 Å². The van der Waals surface area contributed by atoms with Crippen LogP contribution in [-0.4, -0.2) is 18.1 Å². The van der Waals surface area contributed by atoms with Gasteiger partial charge in [-0.3, -0.25) is 0 Å². The molecule has 1 aliphatic carbocycles. The molecule has 1 aromatic heterocycles. The molecular weight excluding hydrogens is 212 g/mol. The molecule has 4 N–H and O–H groups in total. The molecule has 0 spiro atoms. The van der Waals surface area contributed by atoms with Crippen LogP contribution in [0.25, 0.3) is 0 Å². The molecule has 0 bridgehead atoms.